The number of amides is 1. The Hall–Kier alpha value is -2.81. The van der Waals surface area contributed by atoms with Crippen LogP contribution < -0.4 is 5.32 Å². The summed E-state index contributed by atoms with van der Waals surface area (Å²) in [4.78, 5) is 33.6. The van der Waals surface area contributed by atoms with Crippen molar-refractivity contribution in [3.05, 3.63) is 52.2 Å². The van der Waals surface area contributed by atoms with Crippen molar-refractivity contribution in [3.8, 4) is 0 Å². The van der Waals surface area contributed by atoms with E-state index in [9.17, 15) is 14.9 Å². The van der Waals surface area contributed by atoms with Gasteiger partial charge < -0.3 is 20.3 Å². The Morgan fingerprint density at radius 2 is 2.26 bits per heavy atom. The molecular formula is C18H24N6O3. The Morgan fingerprint density at radius 3 is 2.96 bits per heavy atom. The second kappa shape index (κ2) is 8.72. The van der Waals surface area contributed by atoms with Crippen molar-refractivity contribution >= 4 is 11.7 Å². The second-order valence-corrected chi connectivity index (χ2v) is 6.71. The highest BCUT2D eigenvalue weighted by Gasteiger charge is 2.27. The van der Waals surface area contributed by atoms with Crippen molar-refractivity contribution < 1.29 is 9.72 Å². The first-order chi connectivity index (χ1) is 13.0. The number of carbonyl (C=O) groups is 1. The highest BCUT2D eigenvalue weighted by Crippen LogP contribution is 2.18. The van der Waals surface area contributed by atoms with Gasteiger partial charge in [-0.25, -0.2) is 0 Å². The Bertz CT molecular complexity index is 784. The summed E-state index contributed by atoms with van der Waals surface area (Å²) >= 11 is 0. The van der Waals surface area contributed by atoms with Crippen LogP contribution in [0.2, 0.25) is 0 Å². The van der Waals surface area contributed by atoms with E-state index in [-0.39, 0.29) is 24.3 Å². The molecule has 3 rings (SSSR count). The molecule has 1 atom stereocenters. The van der Waals surface area contributed by atoms with Crippen molar-refractivity contribution in [1.82, 2.24) is 24.8 Å². The molecule has 0 radical (unpaired) electrons. The van der Waals surface area contributed by atoms with Gasteiger partial charge in [0.05, 0.1) is 12.2 Å². The molecule has 1 fully saturated rings. The van der Waals surface area contributed by atoms with Gasteiger partial charge in [-0.1, -0.05) is 6.07 Å². The molecule has 144 valence electrons. The molecule has 1 amide bonds. The van der Waals surface area contributed by atoms with E-state index in [1.807, 2.05) is 23.1 Å². The van der Waals surface area contributed by atoms with Gasteiger partial charge in [0.25, 0.3) is 0 Å². The quantitative estimate of drug-likeness (QED) is 0.611. The zero-order valence-electron chi connectivity index (χ0n) is 15.4. The zero-order valence-corrected chi connectivity index (χ0v) is 15.4. The molecule has 3 heterocycles. The van der Waals surface area contributed by atoms with Gasteiger partial charge in [0.1, 0.15) is 12.7 Å². The third-order valence-electron chi connectivity index (χ3n) is 4.82. The van der Waals surface area contributed by atoms with Crippen molar-refractivity contribution in [1.29, 1.82) is 0 Å². The van der Waals surface area contributed by atoms with Crippen LogP contribution in [0, 0.1) is 17.0 Å². The van der Waals surface area contributed by atoms with Gasteiger partial charge in [-0.3, -0.25) is 14.3 Å². The normalized spacial score (nSPS) is 17.3. The first-order valence-corrected chi connectivity index (χ1v) is 9.13. The lowest BCUT2D eigenvalue weighted by molar-refractivity contribution is -0.389. The molecule has 2 aromatic rings. The lowest BCUT2D eigenvalue weighted by atomic mass is 10.1. The number of pyridine rings is 1. The lowest BCUT2D eigenvalue weighted by Gasteiger charge is -2.31. The van der Waals surface area contributed by atoms with Gasteiger partial charge in [-0.05, 0) is 54.4 Å². The summed E-state index contributed by atoms with van der Waals surface area (Å²) in [7, 11) is 0. The van der Waals surface area contributed by atoms with E-state index in [0.717, 1.165) is 38.0 Å². The van der Waals surface area contributed by atoms with Crippen LogP contribution in [0.15, 0.2) is 30.6 Å². The number of nitrogens with zero attached hydrogens (tertiary/aromatic N) is 5. The number of aromatic nitrogens is 3. The summed E-state index contributed by atoms with van der Waals surface area (Å²) in [5, 5.41) is 14.3. The SMILES string of the molecule is Cc1nc([N+](=O)[O-])cn1CC(=O)N(Cc1ccccn1)C1CCCNCC1. The van der Waals surface area contributed by atoms with E-state index in [1.165, 1.54) is 6.20 Å². The number of imidazole rings is 1. The fraction of sp³-hybridized carbons (Fsp3) is 0.500. The predicted molar refractivity (Wildman–Crippen MR) is 98.9 cm³/mol. The first-order valence-electron chi connectivity index (χ1n) is 9.13. The Labute approximate surface area is 157 Å². The van der Waals surface area contributed by atoms with Crippen LogP contribution in [-0.4, -0.2) is 49.4 Å². The number of aryl methyl sites for hydroxylation is 1. The largest absolute Gasteiger partial charge is 0.381 e. The molecule has 1 unspecified atom stereocenters. The van der Waals surface area contributed by atoms with E-state index >= 15 is 0 Å². The molecule has 9 nitrogen and oxygen atoms in total. The van der Waals surface area contributed by atoms with Crippen LogP contribution in [0.4, 0.5) is 5.82 Å². The number of nitrogens with one attached hydrogen (secondary N) is 1. The predicted octanol–water partition coefficient (Wildman–Crippen LogP) is 1.67. The molecule has 1 aliphatic heterocycles. The topological polar surface area (TPSA) is 106 Å². The molecular weight excluding hydrogens is 348 g/mol. The van der Waals surface area contributed by atoms with Gasteiger partial charge in [-0.2, -0.15) is 0 Å². The number of hydrogen-bond acceptors (Lipinski definition) is 6. The maximum Gasteiger partial charge on any atom is 0.381 e. The van der Waals surface area contributed by atoms with Crippen molar-refractivity contribution in [2.24, 2.45) is 0 Å². The highest BCUT2D eigenvalue weighted by molar-refractivity contribution is 5.76. The Kier molecular flexibility index (Phi) is 6.12. The number of carbonyl (C=O) groups excluding carboxylic acids is 1. The fourth-order valence-electron chi connectivity index (χ4n) is 3.38. The summed E-state index contributed by atoms with van der Waals surface area (Å²) in [6.07, 6.45) is 5.85. The number of rotatable bonds is 6. The standard InChI is InChI=1S/C18H24N6O3/c1-14-21-17(24(26)27)12-22(14)13-18(25)23(11-15-5-2-3-9-20-15)16-6-4-8-19-10-7-16/h2-3,5,9,12,16,19H,4,6-8,10-11,13H2,1H3. The zero-order chi connectivity index (χ0) is 19.2. The van der Waals surface area contributed by atoms with Gasteiger partial charge in [0, 0.05) is 19.2 Å². The smallest absolute Gasteiger partial charge is 0.358 e. The minimum Gasteiger partial charge on any atom is -0.358 e. The van der Waals surface area contributed by atoms with Crippen molar-refractivity contribution in [2.75, 3.05) is 13.1 Å². The maximum absolute atomic E-state index is 13.1. The molecule has 9 heteroatoms. The molecule has 0 spiro atoms. The van der Waals surface area contributed by atoms with Gasteiger partial charge >= 0.3 is 5.82 Å². The average Bonchev–Trinajstić information content (AvgIpc) is 2.86. The molecule has 0 aliphatic carbocycles. The third-order valence-corrected chi connectivity index (χ3v) is 4.82. The summed E-state index contributed by atoms with van der Waals surface area (Å²) in [5.74, 6) is 0.133. The van der Waals surface area contributed by atoms with Crippen LogP contribution in [0.25, 0.3) is 0 Å². The summed E-state index contributed by atoms with van der Waals surface area (Å²) in [5.41, 5.74) is 0.830. The molecule has 0 aromatic carbocycles. The average molecular weight is 372 g/mol. The van der Waals surface area contributed by atoms with Crippen LogP contribution in [0.3, 0.4) is 0 Å². The van der Waals surface area contributed by atoms with Crippen molar-refractivity contribution in [3.63, 3.8) is 0 Å². The van der Waals surface area contributed by atoms with Crippen LogP contribution in [-0.2, 0) is 17.9 Å². The van der Waals surface area contributed by atoms with Crippen LogP contribution in [0.5, 0.6) is 0 Å². The molecule has 27 heavy (non-hydrogen) atoms. The Morgan fingerprint density at radius 1 is 1.41 bits per heavy atom. The maximum atomic E-state index is 13.1. The number of hydrogen-bond donors (Lipinski definition) is 1. The summed E-state index contributed by atoms with van der Waals surface area (Å²) < 4.78 is 1.54. The molecule has 1 aliphatic rings. The van der Waals surface area contributed by atoms with Crippen LogP contribution >= 0.6 is 0 Å². The summed E-state index contributed by atoms with van der Waals surface area (Å²) in [6, 6.07) is 5.78. The molecule has 1 saturated heterocycles. The molecule has 0 bridgehead atoms. The van der Waals surface area contributed by atoms with E-state index in [0.29, 0.717) is 12.4 Å². The monoisotopic (exact) mass is 372 g/mol. The second-order valence-electron chi connectivity index (χ2n) is 6.71. The summed E-state index contributed by atoms with van der Waals surface area (Å²) in [6.45, 7) is 3.95. The lowest BCUT2D eigenvalue weighted by Crippen LogP contribution is -2.42. The van der Waals surface area contributed by atoms with Gasteiger partial charge in [0.2, 0.25) is 11.7 Å². The van der Waals surface area contributed by atoms with Gasteiger partial charge in [0.15, 0.2) is 0 Å². The van der Waals surface area contributed by atoms with Crippen molar-refractivity contribution in [2.45, 2.75) is 45.3 Å². The van der Waals surface area contributed by atoms with E-state index < -0.39 is 4.92 Å². The molecule has 1 N–H and O–H groups in total. The minimum absolute atomic E-state index is 0.0312. The van der Waals surface area contributed by atoms with E-state index in [1.54, 1.807) is 17.7 Å². The minimum atomic E-state index is -0.545. The fourth-order valence-corrected chi connectivity index (χ4v) is 3.38. The Balaban J connectivity index is 1.80. The number of nitro groups is 1. The molecule has 2 aromatic heterocycles. The molecule has 0 saturated carbocycles. The van der Waals surface area contributed by atoms with E-state index in [4.69, 9.17) is 0 Å². The first kappa shape index (κ1) is 19.0. The highest BCUT2D eigenvalue weighted by atomic mass is 16.6. The van der Waals surface area contributed by atoms with Gasteiger partial charge in [-0.15, -0.1) is 0 Å². The third kappa shape index (κ3) is 4.88. The van der Waals surface area contributed by atoms with Crippen LogP contribution in [0.1, 0.15) is 30.8 Å². The van der Waals surface area contributed by atoms with E-state index in [2.05, 4.69) is 15.3 Å².